The van der Waals surface area contributed by atoms with Crippen LogP contribution in [-0.4, -0.2) is 27.5 Å². The Hall–Kier alpha value is -1.75. The molecule has 92 valence electrons. The molecule has 1 aromatic rings. The van der Waals surface area contributed by atoms with E-state index >= 15 is 0 Å². The number of nitrogens with zero attached hydrogens (tertiary/aromatic N) is 1. The summed E-state index contributed by atoms with van der Waals surface area (Å²) in [5.74, 6) is 0. The number of carbonyl (C=O) groups is 1. The summed E-state index contributed by atoms with van der Waals surface area (Å²) < 4.78 is 5.12. The highest BCUT2D eigenvalue weighted by Crippen LogP contribution is 2.36. The molecule has 1 aliphatic heterocycles. The molecule has 1 fully saturated rings. The molecule has 0 spiro atoms. The fraction of sp³-hybridized carbons (Fsp3) is 0.417. The Morgan fingerprint density at radius 3 is 2.29 bits per heavy atom. The Balaban J connectivity index is 2.25. The first kappa shape index (κ1) is 11.7. The maximum absolute atomic E-state index is 11.7. The Morgan fingerprint density at radius 2 is 1.82 bits per heavy atom. The van der Waals surface area contributed by atoms with Gasteiger partial charge in [0.25, 0.3) is 0 Å². The van der Waals surface area contributed by atoms with E-state index in [4.69, 9.17) is 4.74 Å². The lowest BCUT2D eigenvalue weighted by molar-refractivity contribution is -0.121. The molecular weight excluding hydrogens is 220 g/mol. The van der Waals surface area contributed by atoms with Crippen molar-refractivity contribution in [3.05, 3.63) is 30.3 Å². The smallest absolute Gasteiger partial charge is 0.432 e. The van der Waals surface area contributed by atoms with E-state index in [-0.39, 0.29) is 0 Å². The fourth-order valence-corrected chi connectivity index (χ4v) is 1.60. The minimum Gasteiger partial charge on any atom is -0.437 e. The van der Waals surface area contributed by atoms with Crippen LogP contribution in [0.2, 0.25) is 0 Å². The van der Waals surface area contributed by atoms with Crippen LogP contribution in [0.3, 0.4) is 0 Å². The topological polar surface area (TPSA) is 61.8 Å². The van der Waals surface area contributed by atoms with E-state index in [0.29, 0.717) is 5.69 Å². The fourth-order valence-electron chi connectivity index (χ4n) is 1.60. The van der Waals surface area contributed by atoms with Gasteiger partial charge in [-0.1, -0.05) is 18.2 Å². The number of para-hydroxylation sites is 1. The number of benzene rings is 1. The van der Waals surface area contributed by atoms with Gasteiger partial charge in [0.2, 0.25) is 0 Å². The van der Waals surface area contributed by atoms with Crippen LogP contribution in [0.5, 0.6) is 0 Å². The van der Waals surface area contributed by atoms with E-state index in [1.54, 1.807) is 26.0 Å². The predicted octanol–water partition coefficient (Wildman–Crippen LogP) is 1.95. The van der Waals surface area contributed by atoms with Crippen molar-refractivity contribution in [2.45, 2.75) is 32.1 Å². The molecule has 1 amide bonds. The first-order valence-corrected chi connectivity index (χ1v) is 5.42. The van der Waals surface area contributed by atoms with Crippen LogP contribution in [-0.2, 0) is 4.74 Å². The number of hydrogen-bond donors (Lipinski definition) is 2. The van der Waals surface area contributed by atoms with E-state index in [2.05, 4.69) is 5.43 Å². The number of ether oxygens (including phenoxy) is 1. The number of hydrazine groups is 1. The standard InChI is InChI=1S/C12H16N2O3/c1-11(2)12(3,16)14(10(15)17-11)13-9-7-5-4-6-8-9/h4-8,13,16H,1-3H3. The van der Waals surface area contributed by atoms with Crippen molar-refractivity contribution in [2.75, 3.05) is 5.43 Å². The zero-order valence-corrected chi connectivity index (χ0v) is 10.1. The monoisotopic (exact) mass is 236 g/mol. The van der Waals surface area contributed by atoms with Gasteiger partial charge in [-0.2, -0.15) is 5.01 Å². The van der Waals surface area contributed by atoms with Crippen LogP contribution in [0.15, 0.2) is 30.3 Å². The molecule has 0 bridgehead atoms. The number of rotatable bonds is 2. The Kier molecular flexibility index (Phi) is 2.50. The van der Waals surface area contributed by atoms with Gasteiger partial charge >= 0.3 is 6.09 Å². The van der Waals surface area contributed by atoms with Gasteiger partial charge in [-0.15, -0.1) is 0 Å². The third-order valence-electron chi connectivity index (χ3n) is 3.12. The zero-order chi connectivity index (χ0) is 12.7. The van der Waals surface area contributed by atoms with E-state index in [1.165, 1.54) is 6.92 Å². The van der Waals surface area contributed by atoms with Crippen LogP contribution < -0.4 is 5.43 Å². The van der Waals surface area contributed by atoms with Crippen LogP contribution in [0.1, 0.15) is 20.8 Å². The summed E-state index contributed by atoms with van der Waals surface area (Å²) in [6.07, 6.45) is -0.594. The minimum absolute atomic E-state index is 0.594. The van der Waals surface area contributed by atoms with E-state index in [0.717, 1.165) is 5.01 Å². The number of amides is 1. The highest BCUT2D eigenvalue weighted by molar-refractivity contribution is 5.74. The van der Waals surface area contributed by atoms with Gasteiger partial charge in [0.05, 0.1) is 5.69 Å². The number of nitrogens with one attached hydrogen (secondary N) is 1. The molecule has 2 rings (SSSR count). The van der Waals surface area contributed by atoms with Gasteiger partial charge in [0.1, 0.15) is 0 Å². The predicted molar refractivity (Wildman–Crippen MR) is 63.1 cm³/mol. The Labute approximate surface area is 100.0 Å². The van der Waals surface area contributed by atoms with Crippen molar-refractivity contribution in [3.8, 4) is 0 Å². The van der Waals surface area contributed by atoms with Crippen molar-refractivity contribution < 1.29 is 14.6 Å². The number of hydrogen-bond acceptors (Lipinski definition) is 4. The average Bonchev–Trinajstić information content (AvgIpc) is 2.39. The summed E-state index contributed by atoms with van der Waals surface area (Å²) in [6.45, 7) is 4.86. The molecule has 5 heteroatoms. The summed E-state index contributed by atoms with van der Waals surface area (Å²) in [7, 11) is 0. The second-order valence-corrected chi connectivity index (χ2v) is 4.71. The summed E-state index contributed by atoms with van der Waals surface area (Å²) in [5.41, 5.74) is 1.17. The second kappa shape index (κ2) is 3.63. The number of aliphatic hydroxyl groups is 1. The molecule has 1 aromatic carbocycles. The van der Waals surface area contributed by atoms with E-state index in [1.807, 2.05) is 18.2 Å². The zero-order valence-electron chi connectivity index (χ0n) is 10.1. The molecule has 0 aliphatic carbocycles. The van der Waals surface area contributed by atoms with Gasteiger partial charge in [-0.3, -0.25) is 5.43 Å². The molecule has 2 N–H and O–H groups in total. The SMILES string of the molecule is CC1(C)OC(=O)N(Nc2ccccc2)C1(C)O. The Bertz CT molecular complexity index is 429. The first-order valence-electron chi connectivity index (χ1n) is 5.42. The molecule has 0 aromatic heterocycles. The maximum atomic E-state index is 11.7. The lowest BCUT2D eigenvalue weighted by atomic mass is 9.97. The van der Waals surface area contributed by atoms with Crippen LogP contribution in [0.4, 0.5) is 10.5 Å². The van der Waals surface area contributed by atoms with Crippen molar-refractivity contribution in [1.29, 1.82) is 0 Å². The number of cyclic esters (lactones) is 1. The van der Waals surface area contributed by atoms with Crippen molar-refractivity contribution in [2.24, 2.45) is 0 Å². The van der Waals surface area contributed by atoms with Gasteiger partial charge in [0, 0.05) is 0 Å². The molecule has 0 saturated carbocycles. The highest BCUT2D eigenvalue weighted by Gasteiger charge is 2.57. The van der Waals surface area contributed by atoms with Crippen molar-refractivity contribution in [1.82, 2.24) is 5.01 Å². The van der Waals surface area contributed by atoms with Crippen LogP contribution >= 0.6 is 0 Å². The third kappa shape index (κ3) is 1.82. The van der Waals surface area contributed by atoms with Crippen LogP contribution in [0.25, 0.3) is 0 Å². The van der Waals surface area contributed by atoms with Crippen molar-refractivity contribution in [3.63, 3.8) is 0 Å². The average molecular weight is 236 g/mol. The van der Waals surface area contributed by atoms with Gasteiger partial charge in [-0.25, -0.2) is 4.79 Å². The summed E-state index contributed by atoms with van der Waals surface area (Å²) >= 11 is 0. The largest absolute Gasteiger partial charge is 0.437 e. The molecule has 1 aliphatic rings. The maximum Gasteiger partial charge on any atom is 0.432 e. The second-order valence-electron chi connectivity index (χ2n) is 4.71. The lowest BCUT2D eigenvalue weighted by Gasteiger charge is -2.34. The molecule has 1 atom stereocenters. The summed E-state index contributed by atoms with van der Waals surface area (Å²) in [6, 6.07) is 9.14. The van der Waals surface area contributed by atoms with Gasteiger partial charge < -0.3 is 9.84 Å². The highest BCUT2D eigenvalue weighted by atomic mass is 16.6. The normalized spacial score (nSPS) is 26.8. The lowest BCUT2D eigenvalue weighted by Crippen LogP contribution is -2.55. The molecule has 1 heterocycles. The third-order valence-corrected chi connectivity index (χ3v) is 3.12. The molecule has 1 unspecified atom stereocenters. The first-order chi connectivity index (χ1) is 7.84. The van der Waals surface area contributed by atoms with Crippen molar-refractivity contribution >= 4 is 11.8 Å². The van der Waals surface area contributed by atoms with Crippen LogP contribution in [0, 0.1) is 0 Å². The molecule has 1 saturated heterocycles. The van der Waals surface area contributed by atoms with E-state index in [9.17, 15) is 9.90 Å². The molecule has 5 nitrogen and oxygen atoms in total. The summed E-state index contributed by atoms with van der Waals surface area (Å²) in [5, 5.41) is 11.4. The number of anilines is 1. The quantitative estimate of drug-likeness (QED) is 0.824. The Morgan fingerprint density at radius 1 is 1.24 bits per heavy atom. The molecule has 0 radical (unpaired) electrons. The minimum atomic E-state index is -1.42. The van der Waals surface area contributed by atoms with Gasteiger partial charge in [0.15, 0.2) is 11.3 Å². The van der Waals surface area contributed by atoms with E-state index < -0.39 is 17.4 Å². The molecule has 17 heavy (non-hydrogen) atoms. The molecular formula is C12H16N2O3. The number of carbonyl (C=O) groups excluding carboxylic acids is 1. The van der Waals surface area contributed by atoms with Gasteiger partial charge in [-0.05, 0) is 32.9 Å². The summed E-state index contributed by atoms with van der Waals surface area (Å²) in [4.78, 5) is 11.7.